The van der Waals surface area contributed by atoms with E-state index in [9.17, 15) is 19.6 Å². The molecule has 14 heteroatoms. The Balaban J connectivity index is 0.762. The normalized spacial score (nSPS) is 23.3. The molecule has 6 heterocycles. The molecule has 13 nitrogen and oxygen atoms in total. The van der Waals surface area contributed by atoms with Crippen LogP contribution in [0.5, 0.6) is 0 Å². The fourth-order valence-corrected chi connectivity index (χ4v) is 9.68. The number of likely N-dealkylation sites (tertiary alicyclic amines) is 1. The molecule has 294 valence electrons. The largest absolute Gasteiger partial charge is 0.374 e. The Morgan fingerprint density at radius 2 is 1.73 bits per heavy atom. The average Bonchev–Trinajstić information content (AvgIpc) is 3.54. The summed E-state index contributed by atoms with van der Waals surface area (Å²) in [5.41, 5.74) is 4.24. The Hall–Kier alpha value is -4.93. The first-order valence-electron chi connectivity index (χ1n) is 20.2. The van der Waals surface area contributed by atoms with Gasteiger partial charge in [-0.2, -0.15) is 5.26 Å². The van der Waals surface area contributed by atoms with E-state index in [0.29, 0.717) is 41.1 Å². The van der Waals surface area contributed by atoms with Gasteiger partial charge >= 0.3 is 0 Å². The van der Waals surface area contributed by atoms with Crippen LogP contribution in [0.1, 0.15) is 67.9 Å². The van der Waals surface area contributed by atoms with Crippen molar-refractivity contribution in [3.63, 3.8) is 0 Å². The van der Waals surface area contributed by atoms with E-state index in [1.54, 1.807) is 12.4 Å². The Kier molecular flexibility index (Phi) is 11.0. The molecule has 2 N–H and O–H groups in total. The number of aromatic nitrogens is 2. The highest BCUT2D eigenvalue weighted by Gasteiger charge is 2.44. The van der Waals surface area contributed by atoms with Crippen molar-refractivity contribution < 1.29 is 14.4 Å². The van der Waals surface area contributed by atoms with Gasteiger partial charge in [0.15, 0.2) is 0 Å². The molecule has 56 heavy (non-hydrogen) atoms. The zero-order chi connectivity index (χ0) is 38.8. The minimum absolute atomic E-state index is 0.0361. The minimum Gasteiger partial charge on any atom is -0.374 e. The number of rotatable bonds is 8. The number of nitrogens with one attached hydrogen (secondary N) is 2. The summed E-state index contributed by atoms with van der Waals surface area (Å²) in [7, 11) is 0. The van der Waals surface area contributed by atoms with Crippen molar-refractivity contribution in [3.05, 3.63) is 71.1 Å². The highest BCUT2D eigenvalue weighted by atomic mass is 35.5. The molecule has 5 saturated heterocycles. The lowest BCUT2D eigenvalue weighted by atomic mass is 9.77. The predicted octanol–water partition coefficient (Wildman–Crippen LogP) is 4.78. The number of amides is 3. The van der Waals surface area contributed by atoms with Gasteiger partial charge in [0.2, 0.25) is 11.8 Å². The number of carbonyl (C=O) groups is 3. The zero-order valence-corrected chi connectivity index (χ0v) is 32.9. The van der Waals surface area contributed by atoms with E-state index in [4.69, 9.17) is 16.6 Å². The van der Waals surface area contributed by atoms with E-state index < -0.39 is 6.04 Å². The van der Waals surface area contributed by atoms with Crippen LogP contribution in [0.2, 0.25) is 5.02 Å². The lowest BCUT2D eigenvalue weighted by molar-refractivity contribution is -0.133. The number of anilines is 4. The molecule has 5 fully saturated rings. The third-order valence-corrected chi connectivity index (χ3v) is 13.1. The standard InChI is InChI=1S/C42H51ClN10O3/c1-29-23-42(28-53(29)34-6-5-31(24-44)35(43)22-34)11-15-51(16-12-42)38-26-45-37(25-46-38)41(56)52-13-9-30(10-14-52)27-49-17-19-50(20-18-49)33-4-2-3-32(21-33)47-36-7-8-39(54)48-40(36)55/h2-6,21-22,25-26,29-30,36,47H,7-20,23,27-28H2,1H3,(H,48,54,55)/t29-,36+/m0/s1. The fourth-order valence-electron chi connectivity index (χ4n) is 9.46. The van der Waals surface area contributed by atoms with Crippen LogP contribution >= 0.6 is 11.6 Å². The van der Waals surface area contributed by atoms with Gasteiger partial charge in [-0.3, -0.25) is 24.6 Å². The van der Waals surface area contributed by atoms with Gasteiger partial charge in [0.05, 0.1) is 23.0 Å². The Labute approximate surface area is 334 Å². The number of imide groups is 1. The molecule has 3 amide bonds. The molecule has 1 spiro atoms. The van der Waals surface area contributed by atoms with E-state index in [1.165, 1.54) is 0 Å². The Bertz CT molecular complexity index is 1960. The van der Waals surface area contributed by atoms with Crippen LogP contribution in [0, 0.1) is 22.7 Å². The summed E-state index contributed by atoms with van der Waals surface area (Å²) in [4.78, 5) is 58.1. The molecule has 2 aromatic carbocycles. The first-order chi connectivity index (χ1) is 27.1. The van der Waals surface area contributed by atoms with Gasteiger partial charge in [0.25, 0.3) is 5.91 Å². The number of halogens is 1. The summed E-state index contributed by atoms with van der Waals surface area (Å²) in [6.07, 6.45) is 9.48. The van der Waals surface area contributed by atoms with Crippen LogP contribution in [0.15, 0.2) is 54.9 Å². The van der Waals surface area contributed by atoms with E-state index in [-0.39, 0.29) is 23.1 Å². The third-order valence-electron chi connectivity index (χ3n) is 12.8. The summed E-state index contributed by atoms with van der Waals surface area (Å²) in [5, 5.41) is 15.5. The number of piperidine rings is 3. The first kappa shape index (κ1) is 38.0. The molecule has 0 saturated carbocycles. The molecule has 1 aromatic heterocycles. The van der Waals surface area contributed by atoms with Crippen molar-refractivity contribution in [3.8, 4) is 6.07 Å². The Morgan fingerprint density at radius 3 is 2.43 bits per heavy atom. The van der Waals surface area contributed by atoms with Gasteiger partial charge < -0.3 is 24.9 Å². The van der Waals surface area contributed by atoms with Crippen molar-refractivity contribution in [1.82, 2.24) is 25.1 Å². The van der Waals surface area contributed by atoms with Crippen LogP contribution < -0.4 is 25.3 Å². The quantitative estimate of drug-likeness (QED) is 0.306. The van der Waals surface area contributed by atoms with Crippen molar-refractivity contribution in [2.45, 2.75) is 64.0 Å². The smallest absolute Gasteiger partial charge is 0.274 e. The van der Waals surface area contributed by atoms with Crippen LogP contribution in [0.4, 0.5) is 22.9 Å². The second kappa shape index (κ2) is 16.3. The summed E-state index contributed by atoms with van der Waals surface area (Å²) in [6.45, 7) is 11.4. The zero-order valence-electron chi connectivity index (χ0n) is 32.1. The average molecular weight is 779 g/mol. The molecule has 5 aliphatic rings. The molecule has 8 rings (SSSR count). The van der Waals surface area contributed by atoms with Crippen LogP contribution in [0.3, 0.4) is 0 Å². The maximum atomic E-state index is 13.5. The van der Waals surface area contributed by atoms with Gasteiger partial charge in [-0.05, 0) is 93.2 Å². The summed E-state index contributed by atoms with van der Waals surface area (Å²) in [6, 6.07) is 16.1. The second-order valence-electron chi connectivity index (χ2n) is 16.4. The van der Waals surface area contributed by atoms with Gasteiger partial charge in [0, 0.05) is 95.0 Å². The Morgan fingerprint density at radius 1 is 0.946 bits per heavy atom. The van der Waals surface area contributed by atoms with E-state index in [1.807, 2.05) is 35.2 Å². The van der Waals surface area contributed by atoms with Crippen molar-refractivity contribution in [2.24, 2.45) is 11.3 Å². The fraction of sp³-hybridized carbons (Fsp3) is 0.524. The molecule has 2 atom stereocenters. The van der Waals surface area contributed by atoms with Crippen LogP contribution in [-0.2, 0) is 9.59 Å². The lowest BCUT2D eigenvalue weighted by Gasteiger charge is -2.40. The number of hydrogen-bond donors (Lipinski definition) is 2. The monoisotopic (exact) mass is 778 g/mol. The molecular formula is C42H51ClN10O3. The minimum atomic E-state index is -0.396. The molecule has 0 radical (unpaired) electrons. The van der Waals surface area contributed by atoms with Gasteiger partial charge in [-0.1, -0.05) is 17.7 Å². The molecule has 3 aromatic rings. The first-order valence-corrected chi connectivity index (χ1v) is 20.5. The van der Waals surface area contributed by atoms with Crippen molar-refractivity contribution in [2.75, 3.05) is 85.5 Å². The van der Waals surface area contributed by atoms with Crippen molar-refractivity contribution in [1.29, 1.82) is 5.26 Å². The number of carbonyl (C=O) groups excluding carboxylic acids is 3. The molecular weight excluding hydrogens is 728 g/mol. The molecule has 0 unspecified atom stereocenters. The maximum Gasteiger partial charge on any atom is 0.274 e. The van der Waals surface area contributed by atoms with Crippen LogP contribution in [-0.4, -0.2) is 115 Å². The van der Waals surface area contributed by atoms with Gasteiger partial charge in [-0.15, -0.1) is 0 Å². The van der Waals surface area contributed by atoms with E-state index >= 15 is 0 Å². The molecule has 0 aliphatic carbocycles. The van der Waals surface area contributed by atoms with E-state index in [2.05, 4.69) is 60.3 Å². The number of nitriles is 1. The third kappa shape index (κ3) is 8.27. The summed E-state index contributed by atoms with van der Waals surface area (Å²) >= 11 is 6.37. The lowest BCUT2D eigenvalue weighted by Crippen LogP contribution is -2.49. The van der Waals surface area contributed by atoms with Gasteiger partial charge in [-0.25, -0.2) is 9.97 Å². The van der Waals surface area contributed by atoms with Gasteiger partial charge in [0.1, 0.15) is 23.6 Å². The maximum absolute atomic E-state index is 13.5. The number of piperazine rings is 1. The molecule has 5 aliphatic heterocycles. The molecule has 0 bridgehead atoms. The SMILES string of the molecule is C[C@H]1CC2(CCN(c3cnc(C(=O)N4CCC(CN5CCN(c6cccc(N[C@@H]7CCC(=O)NC7=O)c6)CC5)CC4)cn3)CC2)CN1c1ccc(C#N)c(Cl)c1. The summed E-state index contributed by atoms with van der Waals surface area (Å²) < 4.78 is 0. The highest BCUT2D eigenvalue weighted by Crippen LogP contribution is 2.45. The topological polar surface area (TPSA) is 141 Å². The van der Waals surface area contributed by atoms with Crippen LogP contribution in [0.25, 0.3) is 0 Å². The number of benzene rings is 2. The second-order valence-corrected chi connectivity index (χ2v) is 16.8. The number of nitrogens with zero attached hydrogens (tertiary/aromatic N) is 8. The van der Waals surface area contributed by atoms with E-state index in [0.717, 1.165) is 120 Å². The predicted molar refractivity (Wildman–Crippen MR) is 217 cm³/mol. The van der Waals surface area contributed by atoms with Crippen molar-refractivity contribution >= 4 is 52.2 Å². The highest BCUT2D eigenvalue weighted by molar-refractivity contribution is 6.32. The summed E-state index contributed by atoms with van der Waals surface area (Å²) in [5.74, 6) is 0.875. The number of hydrogen-bond acceptors (Lipinski definition) is 11.